The van der Waals surface area contributed by atoms with E-state index in [1.54, 1.807) is 29.2 Å². The van der Waals surface area contributed by atoms with Crippen molar-refractivity contribution in [2.75, 3.05) is 11.4 Å². The fourth-order valence-electron chi connectivity index (χ4n) is 3.23. The summed E-state index contributed by atoms with van der Waals surface area (Å²) in [6.45, 7) is 2.76. The number of cyclic esters (lactones) is 1. The Bertz CT molecular complexity index is 740. The summed E-state index contributed by atoms with van der Waals surface area (Å²) in [5, 5.41) is 0. The highest BCUT2D eigenvalue weighted by Crippen LogP contribution is 2.25. The van der Waals surface area contributed by atoms with Crippen molar-refractivity contribution in [1.29, 1.82) is 0 Å². The second kappa shape index (κ2) is 8.65. The van der Waals surface area contributed by atoms with Crippen LogP contribution in [0.4, 0.5) is 10.5 Å². The third-order valence-corrected chi connectivity index (χ3v) is 4.73. The lowest BCUT2D eigenvalue weighted by Gasteiger charge is -2.13. The first-order valence-corrected chi connectivity index (χ1v) is 9.37. The van der Waals surface area contributed by atoms with E-state index in [9.17, 15) is 9.59 Å². The largest absolute Gasteiger partial charge is 0.444 e. The van der Waals surface area contributed by atoms with Crippen LogP contribution in [0.25, 0.3) is 0 Å². The first-order chi connectivity index (χ1) is 12.7. The quantitative estimate of drug-likeness (QED) is 0.484. The summed E-state index contributed by atoms with van der Waals surface area (Å²) >= 11 is 0. The van der Waals surface area contributed by atoms with Crippen LogP contribution in [0.3, 0.4) is 0 Å². The molecule has 0 spiro atoms. The van der Waals surface area contributed by atoms with Crippen molar-refractivity contribution in [3.63, 3.8) is 0 Å². The van der Waals surface area contributed by atoms with Gasteiger partial charge < -0.3 is 4.74 Å². The van der Waals surface area contributed by atoms with Crippen LogP contribution in [-0.4, -0.2) is 24.5 Å². The Balaban J connectivity index is 1.61. The number of ketones is 1. The smallest absolute Gasteiger partial charge is 0.414 e. The van der Waals surface area contributed by atoms with Gasteiger partial charge in [0, 0.05) is 16.8 Å². The molecule has 1 atom stereocenters. The Hall–Kier alpha value is -2.62. The molecular weight excluding hydrogens is 326 g/mol. The summed E-state index contributed by atoms with van der Waals surface area (Å²) in [5.74, 6) is -0.0186. The molecule has 136 valence electrons. The summed E-state index contributed by atoms with van der Waals surface area (Å²) in [7, 11) is 0. The number of carbonyl (C=O) groups is 2. The van der Waals surface area contributed by atoms with Gasteiger partial charge in [-0.3, -0.25) is 9.69 Å². The van der Waals surface area contributed by atoms with E-state index in [0.717, 1.165) is 18.5 Å². The van der Waals surface area contributed by atoms with Crippen LogP contribution in [-0.2, 0) is 4.74 Å². The summed E-state index contributed by atoms with van der Waals surface area (Å²) in [5.41, 5.74) is 2.05. The molecule has 26 heavy (non-hydrogen) atoms. The second-order valence-electron chi connectivity index (χ2n) is 6.71. The highest BCUT2D eigenvalue weighted by atomic mass is 16.6. The predicted molar refractivity (Wildman–Crippen MR) is 103 cm³/mol. The van der Waals surface area contributed by atoms with Crippen molar-refractivity contribution in [1.82, 2.24) is 0 Å². The first-order valence-electron chi connectivity index (χ1n) is 9.37. The SMILES string of the molecule is CCCCCCC1CN(c2ccc(C(=O)c3ccccc3)cc2)C(=O)O1. The van der Waals surface area contributed by atoms with Gasteiger partial charge >= 0.3 is 6.09 Å². The van der Waals surface area contributed by atoms with Crippen LogP contribution in [0.1, 0.15) is 54.9 Å². The first kappa shape index (κ1) is 18.2. The van der Waals surface area contributed by atoms with Crippen LogP contribution in [0, 0.1) is 0 Å². The van der Waals surface area contributed by atoms with E-state index in [0.29, 0.717) is 17.7 Å². The Morgan fingerprint density at radius 2 is 1.69 bits per heavy atom. The molecule has 2 aromatic rings. The second-order valence-corrected chi connectivity index (χ2v) is 6.71. The van der Waals surface area contributed by atoms with E-state index in [1.807, 2.05) is 30.3 Å². The molecule has 1 aliphatic heterocycles. The van der Waals surface area contributed by atoms with Gasteiger partial charge in [0.2, 0.25) is 0 Å². The lowest BCUT2D eigenvalue weighted by Crippen LogP contribution is -2.24. The molecule has 1 fully saturated rings. The number of hydrogen-bond acceptors (Lipinski definition) is 3. The van der Waals surface area contributed by atoms with Gasteiger partial charge in [-0.15, -0.1) is 0 Å². The Kier molecular flexibility index (Phi) is 6.05. The number of anilines is 1. The number of nitrogens with zero attached hydrogens (tertiary/aromatic N) is 1. The zero-order chi connectivity index (χ0) is 18.4. The molecule has 1 aliphatic rings. The topological polar surface area (TPSA) is 46.6 Å². The van der Waals surface area contributed by atoms with Crippen LogP contribution in [0.2, 0.25) is 0 Å². The average molecular weight is 351 g/mol. The highest BCUT2D eigenvalue weighted by molar-refractivity contribution is 6.09. The van der Waals surface area contributed by atoms with Gasteiger partial charge in [-0.2, -0.15) is 0 Å². The Labute approximate surface area is 154 Å². The van der Waals surface area contributed by atoms with Crippen molar-refractivity contribution in [3.05, 3.63) is 65.7 Å². The predicted octanol–water partition coefficient (Wildman–Crippen LogP) is 5.21. The van der Waals surface area contributed by atoms with E-state index < -0.39 is 0 Å². The normalized spacial score (nSPS) is 16.6. The average Bonchev–Trinajstić information content (AvgIpc) is 3.06. The van der Waals surface area contributed by atoms with Crippen LogP contribution < -0.4 is 4.90 Å². The van der Waals surface area contributed by atoms with Crippen molar-refractivity contribution in [2.24, 2.45) is 0 Å². The molecule has 1 heterocycles. The monoisotopic (exact) mass is 351 g/mol. The van der Waals surface area contributed by atoms with Gasteiger partial charge in [-0.05, 0) is 37.1 Å². The van der Waals surface area contributed by atoms with Gasteiger partial charge in [0.25, 0.3) is 0 Å². The molecule has 0 bridgehead atoms. The fraction of sp³-hybridized carbons (Fsp3) is 0.364. The maximum atomic E-state index is 12.5. The number of rotatable bonds is 8. The summed E-state index contributed by atoms with van der Waals surface area (Å²) in [6, 6.07) is 16.4. The van der Waals surface area contributed by atoms with E-state index >= 15 is 0 Å². The zero-order valence-electron chi connectivity index (χ0n) is 15.2. The van der Waals surface area contributed by atoms with Crippen LogP contribution >= 0.6 is 0 Å². The molecule has 0 aromatic heterocycles. The zero-order valence-corrected chi connectivity index (χ0v) is 15.2. The molecule has 4 heteroatoms. The van der Waals surface area contributed by atoms with E-state index in [4.69, 9.17) is 4.74 Å². The van der Waals surface area contributed by atoms with Crippen molar-refractivity contribution >= 4 is 17.6 Å². The fourth-order valence-corrected chi connectivity index (χ4v) is 3.23. The third-order valence-electron chi connectivity index (χ3n) is 4.73. The maximum Gasteiger partial charge on any atom is 0.414 e. The van der Waals surface area contributed by atoms with E-state index in [-0.39, 0.29) is 18.0 Å². The molecular formula is C22H25NO3. The molecule has 0 saturated carbocycles. The molecule has 1 saturated heterocycles. The summed E-state index contributed by atoms with van der Waals surface area (Å²) in [4.78, 5) is 26.3. The molecule has 3 rings (SSSR count). The van der Waals surface area contributed by atoms with Crippen molar-refractivity contribution in [3.8, 4) is 0 Å². The van der Waals surface area contributed by atoms with Gasteiger partial charge in [0.15, 0.2) is 5.78 Å². The standard InChI is InChI=1S/C22H25NO3/c1-2-3-4-8-11-20-16-23(22(25)26-20)19-14-12-18(13-15-19)21(24)17-9-6-5-7-10-17/h5-7,9-10,12-15,20H,2-4,8,11,16H2,1H3. The lowest BCUT2D eigenvalue weighted by atomic mass is 10.0. The van der Waals surface area contributed by atoms with E-state index in [2.05, 4.69) is 6.92 Å². The number of carbonyl (C=O) groups excluding carboxylic acids is 2. The molecule has 2 aromatic carbocycles. The molecule has 0 aliphatic carbocycles. The molecule has 0 N–H and O–H groups in total. The number of hydrogen-bond donors (Lipinski definition) is 0. The van der Waals surface area contributed by atoms with Crippen molar-refractivity contribution < 1.29 is 14.3 Å². The van der Waals surface area contributed by atoms with Gasteiger partial charge in [-0.1, -0.05) is 56.5 Å². The third kappa shape index (κ3) is 4.31. The highest BCUT2D eigenvalue weighted by Gasteiger charge is 2.31. The molecule has 1 unspecified atom stereocenters. The minimum Gasteiger partial charge on any atom is -0.444 e. The van der Waals surface area contributed by atoms with Gasteiger partial charge in [0.1, 0.15) is 6.10 Å². The molecule has 0 radical (unpaired) electrons. The number of ether oxygens (including phenoxy) is 1. The van der Waals surface area contributed by atoms with Gasteiger partial charge in [-0.25, -0.2) is 4.79 Å². The van der Waals surface area contributed by atoms with Crippen molar-refractivity contribution in [2.45, 2.75) is 45.1 Å². The number of unbranched alkanes of at least 4 members (excludes halogenated alkanes) is 3. The minimum absolute atomic E-state index is 0.0186. The van der Waals surface area contributed by atoms with E-state index in [1.165, 1.54) is 19.3 Å². The summed E-state index contributed by atoms with van der Waals surface area (Å²) in [6.07, 6.45) is 5.27. The Morgan fingerprint density at radius 3 is 2.38 bits per heavy atom. The maximum absolute atomic E-state index is 12.5. The Morgan fingerprint density at radius 1 is 1.00 bits per heavy atom. The lowest BCUT2D eigenvalue weighted by molar-refractivity contribution is 0.103. The summed E-state index contributed by atoms with van der Waals surface area (Å²) < 4.78 is 5.48. The van der Waals surface area contributed by atoms with Crippen LogP contribution in [0.15, 0.2) is 54.6 Å². The minimum atomic E-state index is -0.298. The van der Waals surface area contributed by atoms with Gasteiger partial charge in [0.05, 0.1) is 6.54 Å². The molecule has 1 amide bonds. The number of benzene rings is 2. The van der Waals surface area contributed by atoms with Crippen LogP contribution in [0.5, 0.6) is 0 Å². The molecule has 4 nitrogen and oxygen atoms in total. The number of amides is 1.